The van der Waals surface area contributed by atoms with Crippen molar-refractivity contribution in [1.29, 1.82) is 0 Å². The van der Waals surface area contributed by atoms with Crippen molar-refractivity contribution < 1.29 is 24.0 Å². The third-order valence-corrected chi connectivity index (χ3v) is 5.33. The molecule has 0 aliphatic rings. The highest BCUT2D eigenvalue weighted by molar-refractivity contribution is 7.18. The number of nitro groups is 1. The first kappa shape index (κ1) is 22.0. The van der Waals surface area contributed by atoms with Gasteiger partial charge in [0.15, 0.2) is 0 Å². The SMILES string of the molecule is CCCCNC(=O)c1sc(NC(=O)c2ccc([N+](=O)[O-])cc2)c(C(=O)OC)c1C. The third-order valence-electron chi connectivity index (χ3n) is 4.13. The molecule has 0 aliphatic carbocycles. The van der Waals surface area contributed by atoms with Gasteiger partial charge < -0.3 is 15.4 Å². The Labute approximate surface area is 171 Å². The monoisotopic (exact) mass is 419 g/mol. The zero-order valence-electron chi connectivity index (χ0n) is 16.2. The fourth-order valence-corrected chi connectivity index (χ4v) is 3.64. The minimum Gasteiger partial charge on any atom is -0.465 e. The molecule has 0 atom stereocenters. The van der Waals surface area contributed by atoms with Gasteiger partial charge in [0.05, 0.1) is 22.5 Å². The smallest absolute Gasteiger partial charge is 0.341 e. The molecule has 2 aromatic rings. The highest BCUT2D eigenvalue weighted by Gasteiger charge is 2.26. The predicted molar refractivity (Wildman–Crippen MR) is 109 cm³/mol. The lowest BCUT2D eigenvalue weighted by molar-refractivity contribution is -0.384. The molecule has 1 aromatic carbocycles. The van der Waals surface area contributed by atoms with Gasteiger partial charge in [0, 0.05) is 24.2 Å². The van der Waals surface area contributed by atoms with E-state index >= 15 is 0 Å². The van der Waals surface area contributed by atoms with Crippen LogP contribution >= 0.6 is 11.3 Å². The Morgan fingerprint density at radius 1 is 1.17 bits per heavy atom. The average Bonchev–Trinajstić information content (AvgIpc) is 3.03. The number of esters is 1. The van der Waals surface area contributed by atoms with Crippen LogP contribution in [-0.2, 0) is 4.74 Å². The van der Waals surface area contributed by atoms with Crippen molar-refractivity contribution in [3.63, 3.8) is 0 Å². The van der Waals surface area contributed by atoms with Gasteiger partial charge in [-0.25, -0.2) is 4.79 Å². The van der Waals surface area contributed by atoms with E-state index < -0.39 is 16.8 Å². The van der Waals surface area contributed by atoms with E-state index in [0.29, 0.717) is 17.0 Å². The van der Waals surface area contributed by atoms with Crippen LogP contribution in [0.15, 0.2) is 24.3 Å². The van der Waals surface area contributed by atoms with Crippen LogP contribution in [0, 0.1) is 17.0 Å². The van der Waals surface area contributed by atoms with Crippen LogP contribution in [0.5, 0.6) is 0 Å². The second kappa shape index (κ2) is 9.78. The maximum Gasteiger partial charge on any atom is 0.341 e. The van der Waals surface area contributed by atoms with E-state index in [1.807, 2.05) is 6.92 Å². The zero-order chi connectivity index (χ0) is 21.6. The summed E-state index contributed by atoms with van der Waals surface area (Å²) in [7, 11) is 1.21. The van der Waals surface area contributed by atoms with E-state index in [9.17, 15) is 24.5 Å². The molecule has 0 saturated carbocycles. The summed E-state index contributed by atoms with van der Waals surface area (Å²) in [6.45, 7) is 4.12. The quantitative estimate of drug-likeness (QED) is 0.292. The predicted octanol–water partition coefficient (Wildman–Crippen LogP) is 3.53. The molecule has 154 valence electrons. The van der Waals surface area contributed by atoms with Gasteiger partial charge in [-0.3, -0.25) is 19.7 Å². The molecule has 0 spiro atoms. The van der Waals surface area contributed by atoms with Crippen molar-refractivity contribution >= 4 is 39.8 Å². The first-order valence-corrected chi connectivity index (χ1v) is 9.67. The molecule has 2 amide bonds. The van der Waals surface area contributed by atoms with Gasteiger partial charge in [0.2, 0.25) is 0 Å². The van der Waals surface area contributed by atoms with Crippen LogP contribution in [0.25, 0.3) is 0 Å². The molecule has 0 radical (unpaired) electrons. The summed E-state index contributed by atoms with van der Waals surface area (Å²) in [4.78, 5) is 47.7. The van der Waals surface area contributed by atoms with E-state index in [-0.39, 0.29) is 27.7 Å². The number of nitro benzene ring substituents is 1. The lowest BCUT2D eigenvalue weighted by Gasteiger charge is -2.06. The summed E-state index contributed by atoms with van der Waals surface area (Å²) in [5.74, 6) is -1.57. The van der Waals surface area contributed by atoms with Gasteiger partial charge in [-0.15, -0.1) is 11.3 Å². The van der Waals surface area contributed by atoms with Crippen molar-refractivity contribution in [3.05, 3.63) is 55.9 Å². The van der Waals surface area contributed by atoms with E-state index in [4.69, 9.17) is 4.74 Å². The fourth-order valence-electron chi connectivity index (χ4n) is 2.53. The highest BCUT2D eigenvalue weighted by Crippen LogP contribution is 2.34. The number of nitrogens with zero attached hydrogens (tertiary/aromatic N) is 1. The normalized spacial score (nSPS) is 10.3. The Bertz CT molecular complexity index is 936. The van der Waals surface area contributed by atoms with Crippen LogP contribution in [0.1, 0.15) is 55.7 Å². The molecule has 0 saturated heterocycles. The minimum atomic E-state index is -0.676. The average molecular weight is 419 g/mol. The topological polar surface area (TPSA) is 128 Å². The maximum atomic E-state index is 12.5. The molecule has 10 heteroatoms. The Morgan fingerprint density at radius 3 is 2.38 bits per heavy atom. The first-order valence-electron chi connectivity index (χ1n) is 8.85. The summed E-state index contributed by atoms with van der Waals surface area (Å²) < 4.78 is 4.79. The molecule has 2 N–H and O–H groups in total. The minimum absolute atomic E-state index is 0.105. The van der Waals surface area contributed by atoms with E-state index in [1.54, 1.807) is 6.92 Å². The number of anilines is 1. The van der Waals surface area contributed by atoms with Gasteiger partial charge in [0.1, 0.15) is 5.00 Å². The number of benzene rings is 1. The van der Waals surface area contributed by atoms with Gasteiger partial charge in [-0.05, 0) is 31.0 Å². The first-order chi connectivity index (χ1) is 13.8. The number of amides is 2. The number of methoxy groups -OCH3 is 1. The van der Waals surface area contributed by atoms with Crippen molar-refractivity contribution in [2.24, 2.45) is 0 Å². The summed E-state index contributed by atoms with van der Waals surface area (Å²) in [6.07, 6.45) is 1.75. The number of non-ortho nitro benzene ring substituents is 1. The maximum absolute atomic E-state index is 12.5. The molecule has 0 aliphatic heterocycles. The summed E-state index contributed by atoms with van der Waals surface area (Å²) in [5, 5.41) is 16.3. The molecular weight excluding hydrogens is 398 g/mol. The van der Waals surface area contributed by atoms with Crippen molar-refractivity contribution in [1.82, 2.24) is 5.32 Å². The molecular formula is C19H21N3O6S. The van der Waals surface area contributed by atoms with Crippen molar-refractivity contribution in [3.8, 4) is 0 Å². The van der Waals surface area contributed by atoms with Crippen LogP contribution in [-0.4, -0.2) is 36.4 Å². The van der Waals surface area contributed by atoms with Crippen LogP contribution in [0.3, 0.4) is 0 Å². The number of rotatable bonds is 8. The number of nitrogens with one attached hydrogen (secondary N) is 2. The summed E-state index contributed by atoms with van der Waals surface area (Å²) in [6, 6.07) is 5.04. The lowest BCUT2D eigenvalue weighted by atomic mass is 10.1. The van der Waals surface area contributed by atoms with Gasteiger partial charge in [0.25, 0.3) is 17.5 Å². The summed E-state index contributed by atoms with van der Waals surface area (Å²) >= 11 is 0.974. The van der Waals surface area contributed by atoms with E-state index in [2.05, 4.69) is 10.6 Å². The molecule has 0 unspecified atom stereocenters. The number of hydrogen-bond donors (Lipinski definition) is 2. The third kappa shape index (κ3) is 5.17. The van der Waals surface area contributed by atoms with E-state index in [0.717, 1.165) is 24.2 Å². The number of unbranched alkanes of at least 4 members (excludes halogenated alkanes) is 1. The molecule has 1 aromatic heterocycles. The molecule has 0 bridgehead atoms. The molecule has 29 heavy (non-hydrogen) atoms. The Hall–Kier alpha value is -3.27. The van der Waals surface area contributed by atoms with Crippen molar-refractivity contribution in [2.45, 2.75) is 26.7 Å². The van der Waals surface area contributed by atoms with Gasteiger partial charge in [-0.1, -0.05) is 13.3 Å². The van der Waals surface area contributed by atoms with Gasteiger partial charge >= 0.3 is 5.97 Å². The second-order valence-corrected chi connectivity index (χ2v) is 7.14. The summed E-state index contributed by atoms with van der Waals surface area (Å²) in [5.41, 5.74) is 0.546. The number of carbonyl (C=O) groups is 3. The Kier molecular flexibility index (Phi) is 7.43. The van der Waals surface area contributed by atoms with E-state index in [1.165, 1.54) is 31.4 Å². The second-order valence-electron chi connectivity index (χ2n) is 6.12. The van der Waals surface area contributed by atoms with Gasteiger partial charge in [-0.2, -0.15) is 0 Å². The molecule has 2 rings (SSSR count). The number of thiophene rings is 1. The highest BCUT2D eigenvalue weighted by atomic mass is 32.1. The number of carbonyl (C=O) groups excluding carboxylic acids is 3. The Morgan fingerprint density at radius 2 is 1.83 bits per heavy atom. The van der Waals surface area contributed by atoms with Crippen LogP contribution in [0.2, 0.25) is 0 Å². The van der Waals surface area contributed by atoms with Crippen LogP contribution in [0.4, 0.5) is 10.7 Å². The van der Waals surface area contributed by atoms with Crippen molar-refractivity contribution in [2.75, 3.05) is 19.0 Å². The Balaban J connectivity index is 2.31. The van der Waals surface area contributed by atoms with Crippen LogP contribution < -0.4 is 10.6 Å². The number of ether oxygens (including phenoxy) is 1. The molecule has 0 fully saturated rings. The lowest BCUT2D eigenvalue weighted by Crippen LogP contribution is -2.24. The fraction of sp³-hybridized carbons (Fsp3) is 0.316. The largest absolute Gasteiger partial charge is 0.465 e. The number of hydrogen-bond acceptors (Lipinski definition) is 7. The molecule has 1 heterocycles. The standard InChI is InChI=1S/C19H21N3O6S/c1-4-5-10-20-17(24)15-11(2)14(19(25)28-3)18(29-15)21-16(23)12-6-8-13(9-7-12)22(26)27/h6-9H,4-5,10H2,1-3H3,(H,20,24)(H,21,23). The molecule has 9 nitrogen and oxygen atoms in total. The zero-order valence-corrected chi connectivity index (χ0v) is 17.1.